The van der Waals surface area contributed by atoms with Gasteiger partial charge in [-0.05, 0) is 68.7 Å². The van der Waals surface area contributed by atoms with E-state index in [4.69, 9.17) is 0 Å². The number of pyridine rings is 1. The number of nitrogens with one attached hydrogen (secondary N) is 2. The maximum Gasteiger partial charge on any atom is 0.251 e. The van der Waals surface area contributed by atoms with Gasteiger partial charge >= 0.3 is 0 Å². The zero-order chi connectivity index (χ0) is 12.5. The number of halogens is 1. The van der Waals surface area contributed by atoms with E-state index in [-0.39, 0.29) is 18.0 Å². The van der Waals surface area contributed by atoms with E-state index in [0.717, 1.165) is 37.9 Å². The number of aromatic amines is 1. The van der Waals surface area contributed by atoms with Crippen LogP contribution < -0.4 is 10.9 Å². The fourth-order valence-corrected chi connectivity index (χ4v) is 3.42. The van der Waals surface area contributed by atoms with E-state index in [1.807, 2.05) is 0 Å². The molecule has 3 nitrogen and oxygen atoms in total. The molecule has 19 heavy (non-hydrogen) atoms. The van der Waals surface area contributed by atoms with E-state index in [1.54, 1.807) is 0 Å². The molecule has 0 bridgehead atoms. The van der Waals surface area contributed by atoms with Crippen molar-refractivity contribution in [3.05, 3.63) is 33.2 Å². The van der Waals surface area contributed by atoms with E-state index < -0.39 is 0 Å². The molecule has 1 aromatic heterocycles. The van der Waals surface area contributed by atoms with Crippen LogP contribution in [0, 0.1) is 0 Å². The molecule has 0 saturated carbocycles. The normalized spacial score (nSPS) is 23.5. The van der Waals surface area contributed by atoms with Gasteiger partial charge in [0.25, 0.3) is 5.56 Å². The molecule has 3 rings (SSSR count). The Kier molecular flexibility index (Phi) is 4.69. The Bertz CT molecular complexity index is 491. The van der Waals surface area contributed by atoms with Crippen molar-refractivity contribution >= 4 is 12.4 Å². The van der Waals surface area contributed by atoms with Crippen LogP contribution in [0.5, 0.6) is 0 Å². The lowest BCUT2D eigenvalue weighted by molar-refractivity contribution is 0.455. The molecule has 2 N–H and O–H groups in total. The maximum absolute atomic E-state index is 12.2. The molecule has 0 amide bonds. The van der Waals surface area contributed by atoms with Crippen LogP contribution in [0.4, 0.5) is 0 Å². The molecule has 0 radical (unpaired) electrons. The van der Waals surface area contributed by atoms with Crippen molar-refractivity contribution in [1.82, 2.24) is 10.3 Å². The quantitative estimate of drug-likeness (QED) is 0.832. The SMILES string of the molecule is CC1CCCc2[nH]c(=O)c(C3CCNCC3)cc21.Cl. The highest BCUT2D eigenvalue weighted by Crippen LogP contribution is 2.32. The standard InChI is InChI=1S/C15H22N2O.ClH/c1-10-3-2-4-14-12(10)9-13(15(18)17-14)11-5-7-16-8-6-11;/h9-11,16H,2-8H2,1H3,(H,17,18);1H. The third-order valence-corrected chi connectivity index (χ3v) is 4.56. The minimum absolute atomic E-state index is 0. The molecule has 1 atom stereocenters. The van der Waals surface area contributed by atoms with Crippen LogP contribution in [0.25, 0.3) is 0 Å². The number of rotatable bonds is 1. The molecule has 106 valence electrons. The first-order valence-electron chi connectivity index (χ1n) is 7.22. The number of fused-ring (bicyclic) bond motifs is 1. The second-order valence-electron chi connectivity index (χ2n) is 5.81. The van der Waals surface area contributed by atoms with Gasteiger partial charge in [0.2, 0.25) is 0 Å². The second kappa shape index (κ2) is 6.10. The van der Waals surface area contributed by atoms with Crippen molar-refractivity contribution in [2.45, 2.75) is 50.9 Å². The molecule has 1 saturated heterocycles. The van der Waals surface area contributed by atoms with Gasteiger partial charge in [-0.1, -0.05) is 6.92 Å². The molecule has 2 heterocycles. The maximum atomic E-state index is 12.2. The van der Waals surface area contributed by atoms with Gasteiger partial charge in [-0.2, -0.15) is 0 Å². The average Bonchev–Trinajstić information content (AvgIpc) is 2.39. The van der Waals surface area contributed by atoms with Gasteiger partial charge in [0.15, 0.2) is 0 Å². The summed E-state index contributed by atoms with van der Waals surface area (Å²) in [6.45, 7) is 4.36. The average molecular weight is 283 g/mol. The van der Waals surface area contributed by atoms with Gasteiger partial charge in [0, 0.05) is 11.3 Å². The first kappa shape index (κ1) is 14.6. The van der Waals surface area contributed by atoms with Gasteiger partial charge in [-0.3, -0.25) is 4.79 Å². The molecule has 1 unspecified atom stereocenters. The smallest absolute Gasteiger partial charge is 0.251 e. The summed E-state index contributed by atoms with van der Waals surface area (Å²) in [6, 6.07) is 2.22. The highest BCUT2D eigenvalue weighted by molar-refractivity contribution is 5.85. The monoisotopic (exact) mass is 282 g/mol. The lowest BCUT2D eigenvalue weighted by Crippen LogP contribution is -2.30. The third-order valence-electron chi connectivity index (χ3n) is 4.56. The number of aryl methyl sites for hydroxylation is 1. The summed E-state index contributed by atoms with van der Waals surface area (Å²) in [7, 11) is 0. The van der Waals surface area contributed by atoms with Crippen molar-refractivity contribution in [2.75, 3.05) is 13.1 Å². The van der Waals surface area contributed by atoms with Gasteiger partial charge in [0.05, 0.1) is 0 Å². The van der Waals surface area contributed by atoms with Crippen LogP contribution >= 0.6 is 12.4 Å². The molecule has 4 heteroatoms. The van der Waals surface area contributed by atoms with Crippen molar-refractivity contribution in [3.63, 3.8) is 0 Å². The summed E-state index contributed by atoms with van der Waals surface area (Å²) in [5.41, 5.74) is 3.78. The summed E-state index contributed by atoms with van der Waals surface area (Å²) in [6.07, 6.45) is 5.69. The molecule has 0 aromatic carbocycles. The van der Waals surface area contributed by atoms with Gasteiger partial charge in [-0.25, -0.2) is 0 Å². The Labute approximate surface area is 120 Å². The van der Waals surface area contributed by atoms with Crippen LogP contribution in [0.15, 0.2) is 10.9 Å². The van der Waals surface area contributed by atoms with E-state index in [2.05, 4.69) is 23.3 Å². The number of hydrogen-bond acceptors (Lipinski definition) is 2. The number of H-pyrrole nitrogens is 1. The topological polar surface area (TPSA) is 44.9 Å². The summed E-state index contributed by atoms with van der Waals surface area (Å²) < 4.78 is 0. The third kappa shape index (κ3) is 2.87. The fourth-order valence-electron chi connectivity index (χ4n) is 3.42. The summed E-state index contributed by atoms with van der Waals surface area (Å²) in [4.78, 5) is 15.4. The van der Waals surface area contributed by atoms with E-state index >= 15 is 0 Å². The van der Waals surface area contributed by atoms with Gasteiger partial charge < -0.3 is 10.3 Å². The van der Waals surface area contributed by atoms with E-state index in [9.17, 15) is 4.79 Å². The van der Waals surface area contributed by atoms with Crippen molar-refractivity contribution in [2.24, 2.45) is 0 Å². The van der Waals surface area contributed by atoms with Gasteiger partial charge in [-0.15, -0.1) is 12.4 Å². The molecule has 2 aliphatic rings. The Hall–Kier alpha value is -0.800. The Morgan fingerprint density at radius 3 is 2.63 bits per heavy atom. The Morgan fingerprint density at radius 2 is 1.89 bits per heavy atom. The number of aromatic nitrogens is 1. The van der Waals surface area contributed by atoms with E-state index in [1.165, 1.54) is 24.1 Å². The summed E-state index contributed by atoms with van der Waals surface area (Å²) in [5, 5.41) is 3.36. The van der Waals surface area contributed by atoms with Crippen LogP contribution in [0.2, 0.25) is 0 Å². The second-order valence-corrected chi connectivity index (χ2v) is 5.81. The molecule has 0 spiro atoms. The van der Waals surface area contributed by atoms with Crippen LogP contribution in [0.1, 0.15) is 61.3 Å². The largest absolute Gasteiger partial charge is 0.326 e. The summed E-state index contributed by atoms with van der Waals surface area (Å²) >= 11 is 0. The number of piperidine rings is 1. The van der Waals surface area contributed by atoms with E-state index in [0.29, 0.717) is 11.8 Å². The first-order chi connectivity index (χ1) is 8.75. The molecule has 1 fully saturated rings. The lowest BCUT2D eigenvalue weighted by atomic mass is 9.83. The molecule has 1 aliphatic carbocycles. The predicted molar refractivity (Wildman–Crippen MR) is 80.5 cm³/mol. The minimum atomic E-state index is 0. The molecule has 1 aromatic rings. The summed E-state index contributed by atoms with van der Waals surface area (Å²) in [5.74, 6) is 1.06. The van der Waals surface area contributed by atoms with Crippen molar-refractivity contribution < 1.29 is 0 Å². The predicted octanol–water partition coefficient (Wildman–Crippen LogP) is 2.70. The highest BCUT2D eigenvalue weighted by atomic mass is 35.5. The van der Waals surface area contributed by atoms with Crippen molar-refractivity contribution in [1.29, 1.82) is 0 Å². The molecule has 1 aliphatic heterocycles. The zero-order valence-corrected chi connectivity index (χ0v) is 12.3. The lowest BCUT2D eigenvalue weighted by Gasteiger charge is -2.26. The Morgan fingerprint density at radius 1 is 1.16 bits per heavy atom. The van der Waals surface area contributed by atoms with Crippen LogP contribution in [-0.2, 0) is 6.42 Å². The first-order valence-corrected chi connectivity index (χ1v) is 7.22. The van der Waals surface area contributed by atoms with Crippen molar-refractivity contribution in [3.8, 4) is 0 Å². The van der Waals surface area contributed by atoms with Crippen LogP contribution in [0.3, 0.4) is 0 Å². The number of hydrogen-bond donors (Lipinski definition) is 2. The van der Waals surface area contributed by atoms with Gasteiger partial charge in [0.1, 0.15) is 0 Å². The fraction of sp³-hybridized carbons (Fsp3) is 0.667. The molecular formula is C15H23ClN2O. The highest BCUT2D eigenvalue weighted by Gasteiger charge is 2.23. The van der Waals surface area contributed by atoms with Crippen LogP contribution in [-0.4, -0.2) is 18.1 Å². The minimum Gasteiger partial charge on any atom is -0.326 e. The Balaban J connectivity index is 0.00000133. The zero-order valence-electron chi connectivity index (χ0n) is 11.5. The molecular weight excluding hydrogens is 260 g/mol.